The fourth-order valence-corrected chi connectivity index (χ4v) is 2.98. The van der Waals surface area contributed by atoms with E-state index in [0.29, 0.717) is 17.3 Å². The number of halogens is 3. The number of hydrogen-bond acceptors (Lipinski definition) is 3. The third-order valence-corrected chi connectivity index (χ3v) is 4.13. The molecule has 1 atom stereocenters. The van der Waals surface area contributed by atoms with Gasteiger partial charge in [0.1, 0.15) is 11.5 Å². The maximum Gasteiger partial charge on any atom is 0.161 e. The van der Waals surface area contributed by atoms with Gasteiger partial charge < -0.3 is 5.32 Å². The van der Waals surface area contributed by atoms with Crippen molar-refractivity contribution < 1.29 is 13.2 Å². The Morgan fingerprint density at radius 3 is 2.53 bits per heavy atom. The van der Waals surface area contributed by atoms with E-state index >= 15 is 0 Å². The average molecular weight is 288 g/mol. The molecule has 0 aliphatic carbocycles. The maximum absolute atomic E-state index is 13.5. The van der Waals surface area contributed by atoms with E-state index in [1.54, 1.807) is 0 Å². The molecular weight excluding hydrogens is 273 g/mol. The Hall–Kier alpha value is -1.17. The van der Waals surface area contributed by atoms with Crippen LogP contribution in [0, 0.1) is 17.5 Å². The normalized spacial score (nSPS) is 23.1. The second-order valence-corrected chi connectivity index (χ2v) is 5.82. The van der Waals surface area contributed by atoms with Crippen molar-refractivity contribution in [1.29, 1.82) is 0 Å². The molecule has 0 bridgehead atoms. The Morgan fingerprint density at radius 2 is 1.95 bits per heavy atom. The van der Waals surface area contributed by atoms with Crippen LogP contribution in [0.15, 0.2) is 17.1 Å². The molecule has 1 aliphatic heterocycles. The van der Waals surface area contributed by atoms with Gasteiger partial charge >= 0.3 is 0 Å². The zero-order valence-corrected chi connectivity index (χ0v) is 11.6. The summed E-state index contributed by atoms with van der Waals surface area (Å²) >= 11 is 1.41. The molecule has 0 saturated heterocycles. The van der Waals surface area contributed by atoms with Gasteiger partial charge in [-0.1, -0.05) is 18.7 Å². The summed E-state index contributed by atoms with van der Waals surface area (Å²) in [5.41, 5.74) is -0.561. The van der Waals surface area contributed by atoms with Gasteiger partial charge in [-0.25, -0.2) is 13.2 Å². The highest BCUT2D eigenvalue weighted by Gasteiger charge is 2.26. The second-order valence-electron chi connectivity index (χ2n) is 4.74. The topological polar surface area (TPSA) is 24.4 Å². The zero-order valence-electron chi connectivity index (χ0n) is 10.8. The summed E-state index contributed by atoms with van der Waals surface area (Å²) in [5, 5.41) is 3.10. The van der Waals surface area contributed by atoms with Crippen LogP contribution in [0.25, 0.3) is 0 Å². The molecule has 0 radical (unpaired) electrons. The van der Waals surface area contributed by atoms with Gasteiger partial charge in [-0.3, -0.25) is 4.99 Å². The van der Waals surface area contributed by atoms with Crippen LogP contribution in [0.3, 0.4) is 0 Å². The third kappa shape index (κ3) is 3.23. The minimum absolute atomic E-state index is 0.208. The molecule has 0 amide bonds. The standard InChI is InChI=1S/C13H15F3N2S/c1-3-13(2)4-5-19-12(18-13)17-11-9(15)6-8(14)7-10(11)16/h6-7H,3-5H2,1-2H3,(H,17,18). The van der Waals surface area contributed by atoms with Crippen molar-refractivity contribution in [2.45, 2.75) is 32.2 Å². The van der Waals surface area contributed by atoms with Gasteiger partial charge in [0.25, 0.3) is 0 Å². The number of nitrogens with zero attached hydrogens (tertiary/aromatic N) is 1. The zero-order chi connectivity index (χ0) is 14.0. The van der Waals surface area contributed by atoms with E-state index in [4.69, 9.17) is 0 Å². The van der Waals surface area contributed by atoms with Crippen LogP contribution < -0.4 is 5.32 Å². The average Bonchev–Trinajstić information content (AvgIpc) is 2.34. The highest BCUT2D eigenvalue weighted by Crippen LogP contribution is 2.30. The van der Waals surface area contributed by atoms with Crippen molar-refractivity contribution in [2.75, 3.05) is 11.1 Å². The lowest BCUT2D eigenvalue weighted by atomic mass is 9.97. The molecule has 104 valence electrons. The summed E-state index contributed by atoms with van der Waals surface area (Å²) in [6.07, 6.45) is 1.78. The van der Waals surface area contributed by atoms with Crippen LogP contribution in [0.2, 0.25) is 0 Å². The molecule has 1 aliphatic rings. The summed E-state index contributed by atoms with van der Waals surface area (Å²) < 4.78 is 39.9. The minimum atomic E-state index is -0.954. The number of hydrogen-bond donors (Lipinski definition) is 1. The van der Waals surface area contributed by atoms with Gasteiger partial charge in [0.2, 0.25) is 0 Å². The van der Waals surface area contributed by atoms with E-state index < -0.39 is 17.5 Å². The first-order chi connectivity index (χ1) is 8.93. The fraction of sp³-hybridized carbons (Fsp3) is 0.462. The van der Waals surface area contributed by atoms with Crippen molar-refractivity contribution in [2.24, 2.45) is 4.99 Å². The Bertz CT molecular complexity index is 496. The number of aliphatic imine (C=N–C) groups is 1. The molecule has 1 unspecified atom stereocenters. The van der Waals surface area contributed by atoms with E-state index in [2.05, 4.69) is 10.3 Å². The van der Waals surface area contributed by atoms with E-state index in [1.165, 1.54) is 11.8 Å². The van der Waals surface area contributed by atoms with Crippen molar-refractivity contribution >= 4 is 22.6 Å². The molecular formula is C13H15F3N2S. The molecule has 1 heterocycles. The predicted octanol–water partition coefficient (Wildman–Crippen LogP) is 4.18. The first-order valence-corrected chi connectivity index (χ1v) is 7.06. The Morgan fingerprint density at radius 1 is 1.32 bits per heavy atom. The lowest BCUT2D eigenvalue weighted by Gasteiger charge is -2.29. The third-order valence-electron chi connectivity index (χ3n) is 3.25. The van der Waals surface area contributed by atoms with Gasteiger partial charge in [-0.2, -0.15) is 0 Å². The highest BCUT2D eigenvalue weighted by atomic mass is 32.2. The van der Waals surface area contributed by atoms with Crippen LogP contribution in [-0.4, -0.2) is 16.5 Å². The first-order valence-electron chi connectivity index (χ1n) is 6.08. The Balaban J connectivity index is 2.27. The first kappa shape index (κ1) is 14.2. The van der Waals surface area contributed by atoms with Crippen molar-refractivity contribution in [1.82, 2.24) is 0 Å². The summed E-state index contributed by atoms with van der Waals surface area (Å²) in [5.74, 6) is -2.01. The lowest BCUT2D eigenvalue weighted by Crippen LogP contribution is -2.30. The Labute approximate surface area is 114 Å². The van der Waals surface area contributed by atoms with E-state index in [1.807, 2.05) is 13.8 Å². The molecule has 2 rings (SSSR count). The monoisotopic (exact) mass is 288 g/mol. The number of thioether (sulfide) groups is 1. The molecule has 0 spiro atoms. The van der Waals surface area contributed by atoms with Gasteiger partial charge in [0.05, 0.1) is 5.54 Å². The lowest BCUT2D eigenvalue weighted by molar-refractivity contribution is 0.443. The summed E-state index contributed by atoms with van der Waals surface area (Å²) in [7, 11) is 0. The molecule has 1 aromatic rings. The summed E-state index contributed by atoms with van der Waals surface area (Å²) in [6, 6.07) is 1.30. The van der Waals surface area contributed by atoms with Crippen LogP contribution in [0.4, 0.5) is 18.9 Å². The van der Waals surface area contributed by atoms with E-state index in [-0.39, 0.29) is 11.2 Å². The van der Waals surface area contributed by atoms with Crippen molar-refractivity contribution in [3.63, 3.8) is 0 Å². The van der Waals surface area contributed by atoms with Gasteiger partial charge in [-0.15, -0.1) is 0 Å². The predicted molar refractivity (Wildman–Crippen MR) is 73.1 cm³/mol. The summed E-state index contributed by atoms with van der Waals surface area (Å²) in [4.78, 5) is 4.47. The van der Waals surface area contributed by atoms with Crippen LogP contribution in [-0.2, 0) is 0 Å². The van der Waals surface area contributed by atoms with Crippen LogP contribution in [0.5, 0.6) is 0 Å². The largest absolute Gasteiger partial charge is 0.330 e. The van der Waals surface area contributed by atoms with Crippen molar-refractivity contribution in [3.05, 3.63) is 29.6 Å². The molecule has 1 aromatic carbocycles. The SMILES string of the molecule is CCC1(C)CCSC(Nc2c(F)cc(F)cc2F)=N1. The van der Waals surface area contributed by atoms with Crippen molar-refractivity contribution in [3.8, 4) is 0 Å². The molecule has 0 saturated carbocycles. The fourth-order valence-electron chi connectivity index (χ4n) is 1.79. The van der Waals surface area contributed by atoms with E-state index in [9.17, 15) is 13.2 Å². The molecule has 0 fully saturated rings. The van der Waals surface area contributed by atoms with Crippen LogP contribution in [0.1, 0.15) is 26.7 Å². The number of rotatable bonds is 2. The number of benzene rings is 1. The molecule has 1 N–H and O–H groups in total. The maximum atomic E-state index is 13.5. The smallest absolute Gasteiger partial charge is 0.161 e. The molecule has 6 heteroatoms. The number of nitrogens with one attached hydrogen (secondary N) is 1. The minimum Gasteiger partial charge on any atom is -0.330 e. The summed E-state index contributed by atoms with van der Waals surface area (Å²) in [6.45, 7) is 4.03. The number of anilines is 1. The highest BCUT2D eigenvalue weighted by molar-refractivity contribution is 8.14. The molecule has 19 heavy (non-hydrogen) atoms. The quantitative estimate of drug-likeness (QED) is 0.883. The second kappa shape index (κ2) is 5.45. The Kier molecular flexibility index (Phi) is 4.08. The van der Waals surface area contributed by atoms with E-state index in [0.717, 1.165) is 18.6 Å². The van der Waals surface area contributed by atoms with Gasteiger partial charge in [0.15, 0.2) is 16.8 Å². The van der Waals surface area contributed by atoms with Crippen LogP contribution >= 0.6 is 11.8 Å². The van der Waals surface area contributed by atoms with Gasteiger partial charge in [0, 0.05) is 17.9 Å². The molecule has 2 nitrogen and oxygen atoms in total. The molecule has 0 aromatic heterocycles. The number of amidine groups is 1. The van der Waals surface area contributed by atoms with Gasteiger partial charge in [-0.05, 0) is 19.8 Å².